The van der Waals surface area contributed by atoms with Crippen LogP contribution in [0, 0.1) is 5.92 Å². The van der Waals surface area contributed by atoms with E-state index in [0.29, 0.717) is 6.42 Å². The summed E-state index contributed by atoms with van der Waals surface area (Å²) in [5.74, 6) is 0.0641. The number of piperidine rings is 1. The molecule has 1 aliphatic heterocycles. The molecule has 3 atom stereocenters. The van der Waals surface area contributed by atoms with Crippen molar-refractivity contribution in [2.75, 3.05) is 7.11 Å². The molecule has 0 aromatic carbocycles. The Labute approximate surface area is 90.2 Å². The van der Waals surface area contributed by atoms with Gasteiger partial charge in [-0.1, -0.05) is 0 Å². The smallest absolute Gasteiger partial charge is 0.323 e. The molecular weight excluding hydrogens is 194 g/mol. The van der Waals surface area contributed by atoms with Gasteiger partial charge in [0.05, 0.1) is 7.11 Å². The molecule has 0 aromatic rings. The molecule has 1 heterocycles. The molecule has 0 radical (unpaired) electrons. The molecular formula is C11H19NO3. The minimum Gasteiger partial charge on any atom is -0.468 e. The summed E-state index contributed by atoms with van der Waals surface area (Å²) in [5.41, 5.74) is -0.766. The van der Waals surface area contributed by atoms with Crippen LogP contribution in [0.3, 0.4) is 0 Å². The van der Waals surface area contributed by atoms with Gasteiger partial charge in [0.15, 0.2) is 0 Å². The topological polar surface area (TPSA) is 49.8 Å². The second-order valence-electron chi connectivity index (χ2n) is 4.95. The zero-order chi connectivity index (χ0) is 11.2. The van der Waals surface area contributed by atoms with Crippen LogP contribution in [0.4, 0.5) is 0 Å². The van der Waals surface area contributed by atoms with Gasteiger partial charge in [-0.3, -0.25) is 9.69 Å². The van der Waals surface area contributed by atoms with Crippen molar-refractivity contribution in [3.8, 4) is 0 Å². The van der Waals surface area contributed by atoms with Crippen molar-refractivity contribution in [1.82, 2.24) is 4.90 Å². The van der Waals surface area contributed by atoms with Crippen LogP contribution in [0.1, 0.15) is 33.1 Å². The summed E-state index contributed by atoms with van der Waals surface area (Å²) in [7, 11) is 1.41. The molecule has 0 aromatic heterocycles. The maximum absolute atomic E-state index is 11.7. The van der Waals surface area contributed by atoms with Gasteiger partial charge in [-0.2, -0.15) is 0 Å². The number of methoxy groups -OCH3 is 1. The summed E-state index contributed by atoms with van der Waals surface area (Å²) in [4.78, 5) is 13.6. The average molecular weight is 213 g/mol. The predicted molar refractivity (Wildman–Crippen MR) is 55.1 cm³/mol. The second kappa shape index (κ2) is 3.46. The summed E-state index contributed by atoms with van der Waals surface area (Å²) in [6.07, 6.45) is 2.42. The van der Waals surface area contributed by atoms with Gasteiger partial charge < -0.3 is 9.84 Å². The van der Waals surface area contributed by atoms with E-state index in [9.17, 15) is 9.90 Å². The Hall–Kier alpha value is -0.610. The monoisotopic (exact) mass is 213 g/mol. The lowest BCUT2D eigenvalue weighted by atomic mass is 9.97. The number of likely N-dealkylation sites (tertiary alicyclic amines) is 1. The van der Waals surface area contributed by atoms with E-state index in [1.54, 1.807) is 0 Å². The van der Waals surface area contributed by atoms with Crippen molar-refractivity contribution in [2.45, 2.75) is 50.9 Å². The number of hydrogen-bond donors (Lipinski definition) is 1. The number of carbonyl (C=O) groups excluding carboxylic acids is 1. The molecule has 0 spiro atoms. The minimum atomic E-state index is -0.766. The Kier molecular flexibility index (Phi) is 2.51. The van der Waals surface area contributed by atoms with E-state index in [-0.39, 0.29) is 24.0 Å². The van der Waals surface area contributed by atoms with Crippen LogP contribution in [-0.2, 0) is 9.53 Å². The fourth-order valence-corrected chi connectivity index (χ4v) is 3.26. The zero-order valence-corrected chi connectivity index (χ0v) is 9.56. The largest absolute Gasteiger partial charge is 0.468 e. The molecule has 2 bridgehead atoms. The number of carbonyl (C=O) groups is 1. The summed E-state index contributed by atoms with van der Waals surface area (Å²) in [6, 6.07) is -0.0712. The standard InChI is InChI=1S/C11H19NO3/c1-7(2)12-9(10(13)15-3)8-4-5-11(12,14)6-8/h7-9,14H,4-6H2,1-3H3. The van der Waals surface area contributed by atoms with Crippen LogP contribution < -0.4 is 0 Å². The maximum atomic E-state index is 11.7. The quantitative estimate of drug-likeness (QED) is 0.687. The highest BCUT2D eigenvalue weighted by molar-refractivity contribution is 5.77. The summed E-state index contributed by atoms with van der Waals surface area (Å²) < 4.78 is 4.82. The Balaban J connectivity index is 2.27. The van der Waals surface area contributed by atoms with Crippen molar-refractivity contribution in [3.05, 3.63) is 0 Å². The van der Waals surface area contributed by atoms with E-state index < -0.39 is 5.72 Å². The predicted octanol–water partition coefficient (Wildman–Crippen LogP) is 0.741. The molecule has 15 heavy (non-hydrogen) atoms. The van der Waals surface area contributed by atoms with E-state index >= 15 is 0 Å². The molecule has 1 N–H and O–H groups in total. The molecule has 2 fully saturated rings. The number of fused-ring (bicyclic) bond motifs is 2. The van der Waals surface area contributed by atoms with E-state index in [1.807, 2.05) is 18.7 Å². The first-order valence-electron chi connectivity index (χ1n) is 5.58. The van der Waals surface area contributed by atoms with Gasteiger partial charge in [0, 0.05) is 6.04 Å². The van der Waals surface area contributed by atoms with Gasteiger partial charge in [-0.05, 0) is 39.0 Å². The number of hydrogen-bond acceptors (Lipinski definition) is 4. The Morgan fingerprint density at radius 1 is 1.60 bits per heavy atom. The molecule has 1 saturated carbocycles. The lowest BCUT2D eigenvalue weighted by molar-refractivity contribution is -0.164. The summed E-state index contributed by atoms with van der Waals surface area (Å²) in [5, 5.41) is 10.4. The average Bonchev–Trinajstić information content (AvgIpc) is 2.68. The van der Waals surface area contributed by atoms with Crippen LogP contribution in [0.2, 0.25) is 0 Å². The molecule has 4 nitrogen and oxygen atoms in total. The van der Waals surface area contributed by atoms with Crippen molar-refractivity contribution < 1.29 is 14.6 Å². The number of aliphatic hydroxyl groups is 1. The van der Waals surface area contributed by atoms with Crippen molar-refractivity contribution in [3.63, 3.8) is 0 Å². The molecule has 4 heteroatoms. The third kappa shape index (κ3) is 1.47. The van der Waals surface area contributed by atoms with Gasteiger partial charge >= 0.3 is 5.97 Å². The first-order valence-corrected chi connectivity index (χ1v) is 5.58. The molecule has 1 saturated heterocycles. The summed E-state index contributed by atoms with van der Waals surface area (Å²) in [6.45, 7) is 4.02. The lowest BCUT2D eigenvalue weighted by Gasteiger charge is -2.41. The second-order valence-corrected chi connectivity index (χ2v) is 4.95. The highest BCUT2D eigenvalue weighted by Crippen LogP contribution is 2.49. The number of ether oxygens (including phenoxy) is 1. The van der Waals surface area contributed by atoms with E-state index in [0.717, 1.165) is 12.8 Å². The molecule has 2 rings (SSSR count). The fraction of sp³-hybridized carbons (Fsp3) is 0.909. The Morgan fingerprint density at radius 3 is 2.80 bits per heavy atom. The van der Waals surface area contributed by atoms with Crippen molar-refractivity contribution in [2.24, 2.45) is 5.92 Å². The normalized spacial score (nSPS) is 40.1. The number of nitrogens with zero attached hydrogens (tertiary/aromatic N) is 1. The van der Waals surface area contributed by atoms with Crippen LogP contribution in [0.25, 0.3) is 0 Å². The first-order chi connectivity index (χ1) is 6.99. The lowest BCUT2D eigenvalue weighted by Crippen LogP contribution is -2.55. The SMILES string of the molecule is COC(=O)C1C2CCC(O)(C2)N1C(C)C. The molecule has 2 aliphatic rings. The third-order valence-corrected chi connectivity index (χ3v) is 3.73. The fourth-order valence-electron chi connectivity index (χ4n) is 3.26. The Bertz CT molecular complexity index is 279. The first kappa shape index (κ1) is 10.9. The third-order valence-electron chi connectivity index (χ3n) is 3.73. The highest BCUT2D eigenvalue weighted by atomic mass is 16.5. The van der Waals surface area contributed by atoms with Crippen LogP contribution in [0.5, 0.6) is 0 Å². The molecule has 0 amide bonds. The van der Waals surface area contributed by atoms with Crippen molar-refractivity contribution in [1.29, 1.82) is 0 Å². The van der Waals surface area contributed by atoms with E-state index in [1.165, 1.54) is 7.11 Å². The van der Waals surface area contributed by atoms with Gasteiger partial charge in [0.25, 0.3) is 0 Å². The minimum absolute atomic E-state index is 0.171. The van der Waals surface area contributed by atoms with Crippen LogP contribution >= 0.6 is 0 Å². The molecule has 3 unspecified atom stereocenters. The molecule has 86 valence electrons. The van der Waals surface area contributed by atoms with Crippen molar-refractivity contribution >= 4 is 5.97 Å². The van der Waals surface area contributed by atoms with Crippen LogP contribution in [-0.4, -0.2) is 40.9 Å². The van der Waals surface area contributed by atoms with Crippen LogP contribution in [0.15, 0.2) is 0 Å². The van der Waals surface area contributed by atoms with Gasteiger partial charge in [0.2, 0.25) is 0 Å². The highest BCUT2D eigenvalue weighted by Gasteiger charge is 2.58. The van der Waals surface area contributed by atoms with Gasteiger partial charge in [-0.15, -0.1) is 0 Å². The van der Waals surface area contributed by atoms with E-state index in [2.05, 4.69) is 0 Å². The number of esters is 1. The Morgan fingerprint density at radius 2 is 2.27 bits per heavy atom. The zero-order valence-electron chi connectivity index (χ0n) is 9.56. The number of rotatable bonds is 2. The maximum Gasteiger partial charge on any atom is 0.323 e. The van der Waals surface area contributed by atoms with Gasteiger partial charge in [-0.25, -0.2) is 0 Å². The van der Waals surface area contributed by atoms with Gasteiger partial charge in [0.1, 0.15) is 11.8 Å². The molecule has 1 aliphatic carbocycles. The van der Waals surface area contributed by atoms with E-state index in [4.69, 9.17) is 4.74 Å². The summed E-state index contributed by atoms with van der Waals surface area (Å²) >= 11 is 0.